The first-order valence-electron chi connectivity index (χ1n) is 12.1. The van der Waals surface area contributed by atoms with Crippen molar-refractivity contribution in [3.05, 3.63) is 101 Å². The number of rotatable bonds is 3. The molecule has 3 aliphatic rings. The van der Waals surface area contributed by atoms with E-state index < -0.39 is 22.7 Å². The standard InChI is InChI=1S/C31H27NO3/c1-18-15-16-22(17-19(18)2)32-27(33)25-26(28(32)34)31(4)24(21-13-9-6-10-14-21)23(30(25,3)29(31)35)20-11-7-5-8-12-20/h5-17,25-26H,1-4H3/t25-,26-,30-,31-/m0/s1. The summed E-state index contributed by atoms with van der Waals surface area (Å²) in [5.74, 6) is -2.03. The Morgan fingerprint density at radius 3 is 1.51 bits per heavy atom. The van der Waals surface area contributed by atoms with Crippen LogP contribution in [0.3, 0.4) is 0 Å². The highest BCUT2D eigenvalue weighted by atomic mass is 16.2. The molecule has 0 N–H and O–H groups in total. The van der Waals surface area contributed by atoms with Crippen molar-refractivity contribution < 1.29 is 14.4 Å². The molecule has 1 saturated heterocycles. The van der Waals surface area contributed by atoms with Crippen molar-refractivity contribution >= 4 is 34.4 Å². The molecule has 0 spiro atoms. The van der Waals surface area contributed by atoms with Crippen molar-refractivity contribution in [3.63, 3.8) is 0 Å². The molecule has 0 unspecified atom stereocenters. The Balaban J connectivity index is 1.61. The van der Waals surface area contributed by atoms with Crippen molar-refractivity contribution in [1.29, 1.82) is 0 Å². The van der Waals surface area contributed by atoms with Gasteiger partial charge >= 0.3 is 0 Å². The summed E-state index contributed by atoms with van der Waals surface area (Å²) in [6.07, 6.45) is 0. The summed E-state index contributed by atoms with van der Waals surface area (Å²) in [6, 6.07) is 25.3. The van der Waals surface area contributed by atoms with Crippen LogP contribution in [0.4, 0.5) is 5.69 Å². The van der Waals surface area contributed by atoms with Crippen LogP contribution in [0.25, 0.3) is 11.1 Å². The first kappa shape index (κ1) is 21.7. The number of aryl methyl sites for hydroxylation is 2. The summed E-state index contributed by atoms with van der Waals surface area (Å²) < 4.78 is 0. The van der Waals surface area contributed by atoms with Crippen molar-refractivity contribution in [1.82, 2.24) is 0 Å². The van der Waals surface area contributed by atoms with Crippen LogP contribution in [-0.2, 0) is 14.4 Å². The number of hydrogen-bond donors (Lipinski definition) is 0. The zero-order valence-electron chi connectivity index (χ0n) is 20.3. The number of hydrogen-bond acceptors (Lipinski definition) is 3. The molecule has 6 rings (SSSR count). The van der Waals surface area contributed by atoms with E-state index in [0.29, 0.717) is 5.69 Å². The number of carbonyl (C=O) groups excluding carboxylic acids is 3. The fourth-order valence-corrected chi connectivity index (χ4v) is 6.93. The molecule has 4 nitrogen and oxygen atoms in total. The number of carbonyl (C=O) groups is 3. The fourth-order valence-electron chi connectivity index (χ4n) is 6.93. The number of amides is 2. The largest absolute Gasteiger partial charge is 0.298 e. The molecule has 4 heteroatoms. The minimum absolute atomic E-state index is 0.0286. The molecule has 0 aromatic heterocycles. The van der Waals surface area contributed by atoms with E-state index in [2.05, 4.69) is 0 Å². The van der Waals surface area contributed by atoms with Gasteiger partial charge in [0.05, 0.1) is 28.4 Å². The molecule has 4 atom stereocenters. The van der Waals surface area contributed by atoms with Gasteiger partial charge in [0.2, 0.25) is 11.8 Å². The Kier molecular flexibility index (Phi) is 4.41. The van der Waals surface area contributed by atoms with Gasteiger partial charge in [-0.1, -0.05) is 66.7 Å². The molecule has 2 bridgehead atoms. The summed E-state index contributed by atoms with van der Waals surface area (Å²) in [5, 5.41) is 0. The molecule has 2 fully saturated rings. The zero-order chi connectivity index (χ0) is 24.7. The predicted molar refractivity (Wildman–Crippen MR) is 136 cm³/mol. The van der Waals surface area contributed by atoms with E-state index in [1.54, 1.807) is 0 Å². The van der Waals surface area contributed by atoms with E-state index in [-0.39, 0.29) is 17.6 Å². The maximum absolute atomic E-state index is 14.3. The van der Waals surface area contributed by atoms with Crippen LogP contribution in [0.2, 0.25) is 0 Å². The third kappa shape index (κ3) is 2.54. The van der Waals surface area contributed by atoms with Crippen molar-refractivity contribution in [2.75, 3.05) is 4.90 Å². The summed E-state index contributed by atoms with van der Waals surface area (Å²) in [7, 11) is 0. The SMILES string of the molecule is Cc1ccc(N2C(=O)[C@@H]3[C@@H](C2=O)[C@@]2(C)C(=O)[C@@]3(C)C(c3ccccc3)=C2c2ccccc2)cc1C. The van der Waals surface area contributed by atoms with E-state index in [1.165, 1.54) is 4.90 Å². The highest BCUT2D eigenvalue weighted by molar-refractivity contribution is 6.34. The third-order valence-corrected chi connectivity index (χ3v) is 8.66. The number of allylic oxidation sites excluding steroid dienone is 2. The minimum Gasteiger partial charge on any atom is -0.298 e. The molecule has 0 radical (unpaired) electrons. The number of anilines is 1. The van der Waals surface area contributed by atoms with Crippen molar-refractivity contribution in [3.8, 4) is 0 Å². The number of nitrogens with zero attached hydrogens (tertiary/aromatic N) is 1. The van der Waals surface area contributed by atoms with E-state index in [1.807, 2.05) is 107 Å². The van der Waals surface area contributed by atoms with Gasteiger partial charge in [-0.3, -0.25) is 14.4 Å². The Labute approximate surface area is 205 Å². The topological polar surface area (TPSA) is 54.5 Å². The second-order valence-corrected chi connectivity index (χ2v) is 10.5. The molecule has 35 heavy (non-hydrogen) atoms. The average molecular weight is 462 g/mol. The third-order valence-electron chi connectivity index (χ3n) is 8.66. The van der Waals surface area contributed by atoms with Crippen LogP contribution in [0.1, 0.15) is 36.1 Å². The Hall–Kier alpha value is -3.79. The van der Waals surface area contributed by atoms with Gasteiger partial charge < -0.3 is 0 Å². The van der Waals surface area contributed by atoms with Crippen LogP contribution in [0.15, 0.2) is 78.9 Å². The van der Waals surface area contributed by atoms with Gasteiger partial charge in [-0.15, -0.1) is 0 Å². The molecule has 2 aliphatic carbocycles. The van der Waals surface area contributed by atoms with Gasteiger partial charge in [0.15, 0.2) is 5.78 Å². The highest BCUT2D eigenvalue weighted by Crippen LogP contribution is 2.73. The van der Waals surface area contributed by atoms with Gasteiger partial charge in [0.1, 0.15) is 0 Å². The van der Waals surface area contributed by atoms with Crippen molar-refractivity contribution in [2.24, 2.45) is 22.7 Å². The Morgan fingerprint density at radius 2 is 1.09 bits per heavy atom. The Morgan fingerprint density at radius 1 is 0.629 bits per heavy atom. The molecule has 3 aromatic rings. The lowest BCUT2D eigenvalue weighted by atomic mass is 9.63. The smallest absolute Gasteiger partial charge is 0.239 e. The van der Waals surface area contributed by atoms with Gasteiger partial charge in [0.25, 0.3) is 0 Å². The molecule has 2 amide bonds. The molecule has 1 saturated carbocycles. The number of benzene rings is 3. The van der Waals surface area contributed by atoms with Crippen LogP contribution >= 0.6 is 0 Å². The van der Waals surface area contributed by atoms with Gasteiger partial charge in [-0.25, -0.2) is 4.90 Å². The first-order valence-corrected chi connectivity index (χ1v) is 12.1. The summed E-state index contributed by atoms with van der Waals surface area (Å²) >= 11 is 0. The molecular formula is C31H27NO3. The minimum atomic E-state index is -1.09. The second-order valence-electron chi connectivity index (χ2n) is 10.5. The van der Waals surface area contributed by atoms with Gasteiger partial charge in [0, 0.05) is 0 Å². The second kappa shape index (κ2) is 7.11. The molecule has 1 heterocycles. The summed E-state index contributed by atoms with van der Waals surface area (Å²) in [6.45, 7) is 7.74. The van der Waals surface area contributed by atoms with E-state index in [0.717, 1.165) is 33.4 Å². The number of imide groups is 1. The lowest BCUT2D eigenvalue weighted by molar-refractivity contribution is -0.133. The zero-order valence-corrected chi connectivity index (χ0v) is 20.3. The van der Waals surface area contributed by atoms with Crippen LogP contribution < -0.4 is 4.90 Å². The quantitative estimate of drug-likeness (QED) is 0.475. The Bertz CT molecular complexity index is 1370. The number of Topliss-reactive ketones (excluding diaryl/α,β-unsaturated/α-hetero) is 1. The molecule has 1 aliphatic heterocycles. The first-order chi connectivity index (χ1) is 16.7. The number of ketones is 1. The van der Waals surface area contributed by atoms with Crippen molar-refractivity contribution in [2.45, 2.75) is 27.7 Å². The van der Waals surface area contributed by atoms with Crippen LogP contribution in [0, 0.1) is 36.5 Å². The summed E-state index contributed by atoms with van der Waals surface area (Å²) in [5.41, 5.74) is 4.12. The molecule has 3 aromatic carbocycles. The highest BCUT2D eigenvalue weighted by Gasteiger charge is 2.78. The van der Waals surface area contributed by atoms with E-state index in [9.17, 15) is 14.4 Å². The fraction of sp³-hybridized carbons (Fsp3) is 0.258. The lowest BCUT2D eigenvalue weighted by Gasteiger charge is -2.35. The van der Waals surface area contributed by atoms with E-state index >= 15 is 0 Å². The van der Waals surface area contributed by atoms with E-state index in [4.69, 9.17) is 0 Å². The monoisotopic (exact) mass is 461 g/mol. The maximum atomic E-state index is 14.3. The normalized spacial score (nSPS) is 29.4. The average Bonchev–Trinajstić information content (AvgIpc) is 3.31. The number of fused-ring (bicyclic) bond motifs is 5. The molecule has 174 valence electrons. The van der Waals surface area contributed by atoms with Crippen LogP contribution in [-0.4, -0.2) is 17.6 Å². The lowest BCUT2D eigenvalue weighted by Crippen LogP contribution is -2.40. The molecular weight excluding hydrogens is 434 g/mol. The predicted octanol–water partition coefficient (Wildman–Crippen LogP) is 5.63. The van der Waals surface area contributed by atoms with Gasteiger partial charge in [-0.2, -0.15) is 0 Å². The van der Waals surface area contributed by atoms with Gasteiger partial charge in [-0.05, 0) is 73.2 Å². The maximum Gasteiger partial charge on any atom is 0.239 e. The summed E-state index contributed by atoms with van der Waals surface area (Å²) in [4.78, 5) is 43.6. The van der Waals surface area contributed by atoms with Crippen LogP contribution in [0.5, 0.6) is 0 Å².